The third-order valence-electron chi connectivity index (χ3n) is 3.87. The van der Waals surface area contributed by atoms with E-state index in [-0.39, 0.29) is 6.23 Å². The molecule has 18 heavy (non-hydrogen) atoms. The van der Waals surface area contributed by atoms with Gasteiger partial charge in [-0.1, -0.05) is 26.0 Å². The molecule has 100 valence electrons. The van der Waals surface area contributed by atoms with Gasteiger partial charge in [0.15, 0.2) is 0 Å². The van der Waals surface area contributed by atoms with Crippen LogP contribution in [0.5, 0.6) is 0 Å². The maximum absolute atomic E-state index is 10.2. The van der Waals surface area contributed by atoms with Crippen molar-refractivity contribution in [1.29, 1.82) is 0 Å². The van der Waals surface area contributed by atoms with Gasteiger partial charge in [0.05, 0.1) is 0 Å². The van der Waals surface area contributed by atoms with Crippen molar-refractivity contribution in [2.24, 2.45) is 0 Å². The smallest absolute Gasteiger partial charge is 0.126 e. The van der Waals surface area contributed by atoms with Gasteiger partial charge in [0, 0.05) is 12.2 Å². The largest absolute Gasteiger partial charge is 0.374 e. The second-order valence-electron chi connectivity index (χ2n) is 5.20. The van der Waals surface area contributed by atoms with Crippen LogP contribution in [0.25, 0.3) is 0 Å². The number of hydrogen-bond acceptors (Lipinski definition) is 2. The number of aryl methyl sites for hydroxylation is 1. The third-order valence-corrected chi connectivity index (χ3v) is 3.87. The molecule has 1 unspecified atom stereocenters. The fourth-order valence-electron chi connectivity index (χ4n) is 2.92. The Bertz CT molecular complexity index is 389. The second-order valence-corrected chi connectivity index (χ2v) is 5.20. The number of anilines is 1. The molecular formula is C16H25NO. The molecule has 1 atom stereocenters. The van der Waals surface area contributed by atoms with Crippen LogP contribution in [0.1, 0.15) is 50.7 Å². The van der Waals surface area contributed by atoms with Crippen molar-refractivity contribution in [3.8, 4) is 0 Å². The molecule has 0 fully saturated rings. The van der Waals surface area contributed by atoms with Crippen molar-refractivity contribution in [2.45, 2.75) is 58.6 Å². The molecule has 1 aromatic rings. The van der Waals surface area contributed by atoms with Gasteiger partial charge in [-0.15, -0.1) is 0 Å². The molecule has 0 heterocycles. The first-order valence-corrected chi connectivity index (χ1v) is 7.33. The monoisotopic (exact) mass is 247 g/mol. The van der Waals surface area contributed by atoms with Gasteiger partial charge in [-0.2, -0.15) is 0 Å². The van der Waals surface area contributed by atoms with Gasteiger partial charge >= 0.3 is 0 Å². The van der Waals surface area contributed by atoms with Crippen LogP contribution in [0.4, 0.5) is 5.69 Å². The first-order chi connectivity index (χ1) is 8.77. The number of benzene rings is 1. The standard InChI is InChI=1S/C16H25NO/c1-3-12-17(16(18)4-2)15-11-7-9-13-8-5-6-10-14(13)15/h7,9,11,16,18H,3-6,8,10,12H2,1-2H3. The zero-order valence-corrected chi connectivity index (χ0v) is 11.7. The minimum Gasteiger partial charge on any atom is -0.374 e. The van der Waals surface area contributed by atoms with Gasteiger partial charge in [-0.3, -0.25) is 0 Å². The first kappa shape index (κ1) is 13.4. The van der Waals surface area contributed by atoms with E-state index in [2.05, 4.69) is 30.0 Å². The van der Waals surface area contributed by atoms with Gasteiger partial charge in [0.25, 0.3) is 0 Å². The van der Waals surface area contributed by atoms with Crippen molar-refractivity contribution in [3.05, 3.63) is 29.3 Å². The van der Waals surface area contributed by atoms with Gasteiger partial charge in [0.1, 0.15) is 6.23 Å². The van der Waals surface area contributed by atoms with Crippen molar-refractivity contribution >= 4 is 5.69 Å². The normalized spacial score (nSPS) is 16.2. The Hall–Kier alpha value is -1.02. The van der Waals surface area contributed by atoms with Crippen molar-refractivity contribution in [2.75, 3.05) is 11.4 Å². The maximum Gasteiger partial charge on any atom is 0.126 e. The summed E-state index contributed by atoms with van der Waals surface area (Å²) in [6.45, 7) is 5.15. The van der Waals surface area contributed by atoms with Crippen molar-refractivity contribution in [3.63, 3.8) is 0 Å². The molecular weight excluding hydrogens is 222 g/mol. The van der Waals surface area contributed by atoms with E-state index in [1.165, 1.54) is 42.5 Å². The van der Waals surface area contributed by atoms with Crippen LogP contribution in [0, 0.1) is 0 Å². The highest BCUT2D eigenvalue weighted by Crippen LogP contribution is 2.31. The molecule has 0 amide bonds. The summed E-state index contributed by atoms with van der Waals surface area (Å²) in [7, 11) is 0. The minimum absolute atomic E-state index is 0.349. The zero-order valence-electron chi connectivity index (χ0n) is 11.7. The lowest BCUT2D eigenvalue weighted by Gasteiger charge is -2.33. The van der Waals surface area contributed by atoms with Crippen LogP contribution < -0.4 is 4.90 Å². The predicted octanol–water partition coefficient (Wildman–Crippen LogP) is 3.51. The fraction of sp³-hybridized carbons (Fsp3) is 0.625. The van der Waals surface area contributed by atoms with Crippen LogP contribution in [0.3, 0.4) is 0 Å². The summed E-state index contributed by atoms with van der Waals surface area (Å²) >= 11 is 0. The third kappa shape index (κ3) is 2.69. The second kappa shape index (κ2) is 6.24. The summed E-state index contributed by atoms with van der Waals surface area (Å²) in [5.41, 5.74) is 4.23. The average Bonchev–Trinajstić information content (AvgIpc) is 2.43. The molecule has 0 radical (unpaired) electrons. The molecule has 0 spiro atoms. The molecule has 1 aromatic carbocycles. The van der Waals surface area contributed by atoms with Gasteiger partial charge in [0.2, 0.25) is 0 Å². The van der Waals surface area contributed by atoms with E-state index in [1.54, 1.807) is 0 Å². The summed E-state index contributed by atoms with van der Waals surface area (Å²) in [5.74, 6) is 0. The summed E-state index contributed by atoms with van der Waals surface area (Å²) in [6.07, 6.45) is 6.46. The molecule has 0 saturated heterocycles. The Balaban J connectivity index is 2.34. The average molecular weight is 247 g/mol. The molecule has 0 saturated carbocycles. The SMILES string of the molecule is CCCN(c1cccc2c1CCCC2)C(O)CC. The maximum atomic E-state index is 10.2. The Kier molecular flexibility index (Phi) is 4.65. The number of aliphatic hydroxyl groups is 1. The molecule has 1 N–H and O–H groups in total. The van der Waals surface area contributed by atoms with E-state index < -0.39 is 0 Å². The lowest BCUT2D eigenvalue weighted by atomic mass is 9.90. The number of hydrogen-bond donors (Lipinski definition) is 1. The number of fused-ring (bicyclic) bond motifs is 1. The van der Waals surface area contributed by atoms with E-state index in [9.17, 15) is 5.11 Å². The van der Waals surface area contributed by atoms with E-state index in [1.807, 2.05) is 6.92 Å². The summed E-state index contributed by atoms with van der Waals surface area (Å²) in [5, 5.41) is 10.2. The molecule has 1 aliphatic carbocycles. The summed E-state index contributed by atoms with van der Waals surface area (Å²) in [6, 6.07) is 6.57. The highest BCUT2D eigenvalue weighted by atomic mass is 16.3. The molecule has 0 aromatic heterocycles. The topological polar surface area (TPSA) is 23.5 Å². The summed E-state index contributed by atoms with van der Waals surface area (Å²) in [4.78, 5) is 2.18. The number of nitrogens with zero attached hydrogens (tertiary/aromatic N) is 1. The molecule has 0 aliphatic heterocycles. The van der Waals surface area contributed by atoms with Gasteiger partial charge in [-0.05, 0) is 55.7 Å². The predicted molar refractivity (Wildman–Crippen MR) is 77.0 cm³/mol. The van der Waals surface area contributed by atoms with E-state index in [4.69, 9.17) is 0 Å². The van der Waals surface area contributed by atoms with Crippen LogP contribution in [-0.4, -0.2) is 17.9 Å². The zero-order chi connectivity index (χ0) is 13.0. The molecule has 1 aliphatic rings. The Morgan fingerprint density at radius 3 is 2.72 bits per heavy atom. The lowest BCUT2D eigenvalue weighted by Crippen LogP contribution is -2.36. The van der Waals surface area contributed by atoms with Gasteiger partial charge < -0.3 is 10.0 Å². The molecule has 2 nitrogen and oxygen atoms in total. The number of rotatable bonds is 5. The number of aliphatic hydroxyl groups excluding tert-OH is 1. The quantitative estimate of drug-likeness (QED) is 0.805. The Labute approximate surface area is 111 Å². The van der Waals surface area contributed by atoms with Crippen LogP contribution >= 0.6 is 0 Å². The van der Waals surface area contributed by atoms with Crippen LogP contribution in [0.15, 0.2) is 18.2 Å². The van der Waals surface area contributed by atoms with Crippen LogP contribution in [-0.2, 0) is 12.8 Å². The molecule has 2 rings (SSSR count). The lowest BCUT2D eigenvalue weighted by molar-refractivity contribution is 0.164. The Morgan fingerprint density at radius 2 is 2.00 bits per heavy atom. The highest BCUT2D eigenvalue weighted by molar-refractivity contribution is 5.58. The van der Waals surface area contributed by atoms with Crippen LogP contribution in [0.2, 0.25) is 0 Å². The Morgan fingerprint density at radius 1 is 1.22 bits per heavy atom. The molecule has 0 bridgehead atoms. The van der Waals surface area contributed by atoms with E-state index >= 15 is 0 Å². The first-order valence-electron chi connectivity index (χ1n) is 7.33. The van der Waals surface area contributed by atoms with Crippen molar-refractivity contribution < 1.29 is 5.11 Å². The summed E-state index contributed by atoms with van der Waals surface area (Å²) < 4.78 is 0. The van der Waals surface area contributed by atoms with Gasteiger partial charge in [-0.25, -0.2) is 0 Å². The van der Waals surface area contributed by atoms with E-state index in [0.717, 1.165) is 19.4 Å². The fourth-order valence-corrected chi connectivity index (χ4v) is 2.92. The highest BCUT2D eigenvalue weighted by Gasteiger charge is 2.20. The molecule has 2 heteroatoms. The van der Waals surface area contributed by atoms with Crippen molar-refractivity contribution in [1.82, 2.24) is 0 Å². The minimum atomic E-state index is -0.349. The van der Waals surface area contributed by atoms with E-state index in [0.29, 0.717) is 0 Å².